The zero-order valence-corrected chi connectivity index (χ0v) is 12.8. The van der Waals surface area contributed by atoms with Crippen LogP contribution in [0.5, 0.6) is 0 Å². The van der Waals surface area contributed by atoms with Crippen molar-refractivity contribution in [1.29, 1.82) is 0 Å². The summed E-state index contributed by atoms with van der Waals surface area (Å²) in [7, 11) is 1.86. The summed E-state index contributed by atoms with van der Waals surface area (Å²) in [6.07, 6.45) is 4.78. The highest BCUT2D eigenvalue weighted by atomic mass is 16.2. The molecule has 0 saturated carbocycles. The van der Waals surface area contributed by atoms with Crippen LogP contribution in [0.1, 0.15) is 40.8 Å². The summed E-state index contributed by atoms with van der Waals surface area (Å²) in [6.45, 7) is 4.53. The Balaban J connectivity index is 2.03. The van der Waals surface area contributed by atoms with E-state index < -0.39 is 0 Å². The van der Waals surface area contributed by atoms with Crippen LogP contribution in [0.3, 0.4) is 0 Å². The number of hydrogen-bond donors (Lipinski definition) is 0. The largest absolute Gasteiger partial charge is 0.306 e. The number of carbonyl (C=O) groups is 1. The first kappa shape index (κ1) is 13.8. The third-order valence-electron chi connectivity index (χ3n) is 4.10. The fraction of sp³-hybridized carbons (Fsp3) is 0.438. The summed E-state index contributed by atoms with van der Waals surface area (Å²) in [5.74, 6) is 0.0201. The van der Waals surface area contributed by atoms with Gasteiger partial charge in [0.15, 0.2) is 0 Å². The molecule has 5 heteroatoms. The van der Waals surface area contributed by atoms with Crippen LogP contribution in [0, 0.1) is 6.92 Å². The normalized spacial score (nSPS) is 13.3. The van der Waals surface area contributed by atoms with Gasteiger partial charge in [-0.05, 0) is 45.2 Å². The van der Waals surface area contributed by atoms with Crippen molar-refractivity contribution in [3.8, 4) is 0 Å². The molecule has 2 aromatic rings. The highest BCUT2D eigenvalue weighted by molar-refractivity contribution is 6.06. The maximum absolute atomic E-state index is 13.0. The van der Waals surface area contributed by atoms with Crippen molar-refractivity contribution in [2.24, 2.45) is 7.05 Å². The molecule has 0 aliphatic heterocycles. The quantitative estimate of drug-likeness (QED) is 0.869. The minimum Gasteiger partial charge on any atom is -0.306 e. The molecule has 0 radical (unpaired) electrons. The summed E-state index contributed by atoms with van der Waals surface area (Å²) < 4.78 is 1.74. The molecule has 21 heavy (non-hydrogen) atoms. The van der Waals surface area contributed by atoms with E-state index in [0.29, 0.717) is 6.54 Å². The van der Waals surface area contributed by atoms with E-state index in [4.69, 9.17) is 0 Å². The standard InChI is InChI=1S/C16H20N4O/c1-4-20(14-9-6-10-17-11(14)2)16(21)15-12-7-5-8-13(12)18-19(15)3/h6,9-10H,4-5,7-8H2,1-3H3. The molecule has 1 amide bonds. The van der Waals surface area contributed by atoms with Crippen LogP contribution in [0.15, 0.2) is 18.3 Å². The molecule has 1 aliphatic rings. The number of hydrogen-bond acceptors (Lipinski definition) is 3. The molecule has 3 rings (SSSR count). The van der Waals surface area contributed by atoms with Gasteiger partial charge in [0.2, 0.25) is 0 Å². The lowest BCUT2D eigenvalue weighted by atomic mass is 10.1. The first-order valence-electron chi connectivity index (χ1n) is 7.41. The lowest BCUT2D eigenvalue weighted by Crippen LogP contribution is -2.33. The monoisotopic (exact) mass is 284 g/mol. The van der Waals surface area contributed by atoms with E-state index in [2.05, 4.69) is 10.1 Å². The van der Waals surface area contributed by atoms with Gasteiger partial charge in [-0.2, -0.15) is 5.10 Å². The van der Waals surface area contributed by atoms with Gasteiger partial charge in [0.25, 0.3) is 5.91 Å². The number of carbonyl (C=O) groups excluding carboxylic acids is 1. The van der Waals surface area contributed by atoms with Crippen molar-refractivity contribution in [2.75, 3.05) is 11.4 Å². The van der Waals surface area contributed by atoms with Gasteiger partial charge in [-0.25, -0.2) is 0 Å². The fourth-order valence-corrected chi connectivity index (χ4v) is 3.10. The second-order valence-corrected chi connectivity index (χ2v) is 5.41. The lowest BCUT2D eigenvalue weighted by Gasteiger charge is -2.22. The predicted molar refractivity (Wildman–Crippen MR) is 81.6 cm³/mol. The van der Waals surface area contributed by atoms with Gasteiger partial charge in [-0.3, -0.25) is 14.5 Å². The Kier molecular flexibility index (Phi) is 3.49. The number of nitrogens with zero attached hydrogens (tertiary/aromatic N) is 4. The van der Waals surface area contributed by atoms with Crippen molar-refractivity contribution in [1.82, 2.24) is 14.8 Å². The second kappa shape index (κ2) is 5.31. The number of pyridine rings is 1. The van der Waals surface area contributed by atoms with Crippen LogP contribution >= 0.6 is 0 Å². The van der Waals surface area contributed by atoms with E-state index >= 15 is 0 Å². The third kappa shape index (κ3) is 2.22. The molecule has 0 atom stereocenters. The SMILES string of the molecule is CCN(C(=O)c1c2c(nn1C)CCC2)c1cccnc1C. The van der Waals surface area contributed by atoms with Crippen LogP contribution in [0.4, 0.5) is 5.69 Å². The zero-order valence-electron chi connectivity index (χ0n) is 12.8. The smallest absolute Gasteiger partial charge is 0.276 e. The molecule has 0 bridgehead atoms. The van der Waals surface area contributed by atoms with E-state index in [-0.39, 0.29) is 5.91 Å². The summed E-state index contributed by atoms with van der Waals surface area (Å²) in [6, 6.07) is 3.81. The lowest BCUT2D eigenvalue weighted by molar-refractivity contribution is 0.0978. The highest BCUT2D eigenvalue weighted by Gasteiger charge is 2.29. The van der Waals surface area contributed by atoms with Gasteiger partial charge >= 0.3 is 0 Å². The van der Waals surface area contributed by atoms with Crippen molar-refractivity contribution in [2.45, 2.75) is 33.1 Å². The minimum atomic E-state index is 0.0201. The number of amides is 1. The average Bonchev–Trinajstić information content (AvgIpc) is 3.01. The van der Waals surface area contributed by atoms with E-state index in [1.165, 1.54) is 0 Å². The number of fused-ring (bicyclic) bond motifs is 1. The molecule has 0 aromatic carbocycles. The molecule has 110 valence electrons. The van der Waals surface area contributed by atoms with Gasteiger partial charge in [0.05, 0.1) is 17.1 Å². The Morgan fingerprint density at radius 1 is 1.43 bits per heavy atom. The molecule has 1 aliphatic carbocycles. The number of aromatic nitrogens is 3. The summed E-state index contributed by atoms with van der Waals surface area (Å²) in [5.41, 5.74) is 4.68. The summed E-state index contributed by atoms with van der Waals surface area (Å²) in [4.78, 5) is 19.1. The molecular formula is C16H20N4O. The first-order valence-corrected chi connectivity index (χ1v) is 7.41. The minimum absolute atomic E-state index is 0.0201. The molecule has 0 spiro atoms. The molecule has 5 nitrogen and oxygen atoms in total. The third-order valence-corrected chi connectivity index (χ3v) is 4.10. The van der Waals surface area contributed by atoms with Crippen LogP contribution < -0.4 is 4.90 Å². The Morgan fingerprint density at radius 3 is 2.95 bits per heavy atom. The van der Waals surface area contributed by atoms with Crippen molar-refractivity contribution in [3.63, 3.8) is 0 Å². The molecule has 0 fully saturated rings. The van der Waals surface area contributed by atoms with Crippen molar-refractivity contribution < 1.29 is 4.79 Å². The molecule has 0 N–H and O–H groups in total. The van der Waals surface area contributed by atoms with E-state index in [1.54, 1.807) is 15.8 Å². The van der Waals surface area contributed by atoms with Crippen LogP contribution in [-0.4, -0.2) is 27.2 Å². The second-order valence-electron chi connectivity index (χ2n) is 5.41. The van der Waals surface area contributed by atoms with Gasteiger partial charge in [-0.15, -0.1) is 0 Å². The molecule has 0 unspecified atom stereocenters. The van der Waals surface area contributed by atoms with Gasteiger partial charge in [-0.1, -0.05) is 0 Å². The topological polar surface area (TPSA) is 51.0 Å². The van der Waals surface area contributed by atoms with Gasteiger partial charge in [0.1, 0.15) is 5.69 Å². The summed E-state index contributed by atoms with van der Waals surface area (Å²) >= 11 is 0. The number of anilines is 1. The summed E-state index contributed by atoms with van der Waals surface area (Å²) in [5, 5.41) is 4.50. The zero-order chi connectivity index (χ0) is 15.0. The predicted octanol–water partition coefficient (Wildman–Crippen LogP) is 2.28. The Bertz CT molecular complexity index is 690. The van der Waals surface area contributed by atoms with Crippen LogP contribution in [-0.2, 0) is 19.9 Å². The Hall–Kier alpha value is -2.17. The number of rotatable bonds is 3. The maximum Gasteiger partial charge on any atom is 0.276 e. The van der Waals surface area contributed by atoms with Crippen molar-refractivity contribution in [3.05, 3.63) is 41.0 Å². The van der Waals surface area contributed by atoms with Gasteiger partial charge in [0, 0.05) is 25.4 Å². The van der Waals surface area contributed by atoms with E-state index in [0.717, 1.165) is 47.6 Å². The molecule has 0 saturated heterocycles. The van der Waals surface area contributed by atoms with E-state index in [1.807, 2.05) is 33.0 Å². The average molecular weight is 284 g/mol. The Morgan fingerprint density at radius 2 is 2.24 bits per heavy atom. The molecule has 2 heterocycles. The number of aryl methyl sites for hydroxylation is 3. The molecular weight excluding hydrogens is 264 g/mol. The maximum atomic E-state index is 13.0. The van der Waals surface area contributed by atoms with Gasteiger partial charge < -0.3 is 4.90 Å². The van der Waals surface area contributed by atoms with Crippen molar-refractivity contribution >= 4 is 11.6 Å². The first-order chi connectivity index (χ1) is 10.1. The van der Waals surface area contributed by atoms with E-state index in [9.17, 15) is 4.79 Å². The Labute approximate surface area is 124 Å². The van der Waals surface area contributed by atoms with Crippen LogP contribution in [0.2, 0.25) is 0 Å². The molecule has 2 aromatic heterocycles. The fourth-order valence-electron chi connectivity index (χ4n) is 3.10. The highest BCUT2D eigenvalue weighted by Crippen LogP contribution is 2.27. The van der Waals surface area contributed by atoms with Crippen LogP contribution in [0.25, 0.3) is 0 Å².